The van der Waals surface area contributed by atoms with Gasteiger partial charge in [-0.15, -0.1) is 24.0 Å². The van der Waals surface area contributed by atoms with Gasteiger partial charge in [-0.05, 0) is 36.2 Å². The van der Waals surface area contributed by atoms with Crippen LogP contribution in [-0.2, 0) is 6.42 Å². The molecule has 3 aromatic rings. The summed E-state index contributed by atoms with van der Waals surface area (Å²) in [5.74, 6) is 1.64. The SMILES string of the molecule is CN=C(NCCOc1ccccc1)NCCc1cnn(-c2ccccc2)c1.I. The Balaban J connectivity index is 0.00000280. The van der Waals surface area contributed by atoms with Crippen molar-refractivity contribution in [1.82, 2.24) is 20.4 Å². The van der Waals surface area contributed by atoms with Crippen LogP contribution in [0.3, 0.4) is 0 Å². The van der Waals surface area contributed by atoms with Gasteiger partial charge in [0, 0.05) is 19.8 Å². The highest BCUT2D eigenvalue weighted by Gasteiger charge is 2.02. The van der Waals surface area contributed by atoms with Gasteiger partial charge < -0.3 is 15.4 Å². The van der Waals surface area contributed by atoms with Crippen LogP contribution in [0.25, 0.3) is 5.69 Å². The molecular formula is C21H26IN5O. The molecule has 0 aliphatic heterocycles. The lowest BCUT2D eigenvalue weighted by atomic mass is 10.2. The van der Waals surface area contributed by atoms with Crippen molar-refractivity contribution in [3.05, 3.63) is 78.6 Å². The summed E-state index contributed by atoms with van der Waals surface area (Å²) in [6.07, 6.45) is 4.83. The molecule has 1 heterocycles. The van der Waals surface area contributed by atoms with Crippen molar-refractivity contribution in [3.8, 4) is 11.4 Å². The van der Waals surface area contributed by atoms with Gasteiger partial charge in [-0.3, -0.25) is 4.99 Å². The molecule has 3 rings (SSSR count). The second kappa shape index (κ2) is 12.0. The fourth-order valence-electron chi connectivity index (χ4n) is 2.61. The lowest BCUT2D eigenvalue weighted by molar-refractivity contribution is 0.322. The van der Waals surface area contributed by atoms with Crippen LogP contribution in [-0.4, -0.2) is 42.5 Å². The normalized spacial score (nSPS) is 10.8. The third kappa shape index (κ3) is 6.88. The molecule has 28 heavy (non-hydrogen) atoms. The van der Waals surface area contributed by atoms with Crippen LogP contribution in [0.4, 0.5) is 0 Å². The van der Waals surface area contributed by atoms with Gasteiger partial charge in [-0.1, -0.05) is 36.4 Å². The zero-order valence-electron chi connectivity index (χ0n) is 15.9. The summed E-state index contributed by atoms with van der Waals surface area (Å²) in [7, 11) is 1.76. The molecule has 0 aliphatic carbocycles. The van der Waals surface area contributed by atoms with Gasteiger partial charge in [0.25, 0.3) is 0 Å². The van der Waals surface area contributed by atoms with Crippen LogP contribution in [0.15, 0.2) is 78.0 Å². The minimum Gasteiger partial charge on any atom is -0.492 e. The molecule has 2 N–H and O–H groups in total. The average Bonchev–Trinajstić information content (AvgIpc) is 3.20. The maximum absolute atomic E-state index is 5.66. The van der Waals surface area contributed by atoms with Crippen molar-refractivity contribution < 1.29 is 4.74 Å². The Morgan fingerprint density at radius 1 is 1.00 bits per heavy atom. The largest absolute Gasteiger partial charge is 0.492 e. The van der Waals surface area contributed by atoms with Gasteiger partial charge in [0.05, 0.1) is 18.4 Å². The van der Waals surface area contributed by atoms with Crippen LogP contribution in [0.1, 0.15) is 5.56 Å². The average molecular weight is 491 g/mol. The number of ether oxygens (including phenoxy) is 1. The Bertz CT molecular complexity index is 836. The number of aromatic nitrogens is 2. The molecule has 6 nitrogen and oxygen atoms in total. The topological polar surface area (TPSA) is 63.5 Å². The second-order valence-electron chi connectivity index (χ2n) is 5.97. The number of aliphatic imine (C=N–C) groups is 1. The molecule has 0 aliphatic rings. The third-order valence-corrected chi connectivity index (χ3v) is 3.99. The first-order valence-corrected chi connectivity index (χ1v) is 9.06. The van der Waals surface area contributed by atoms with Crippen molar-refractivity contribution in [3.63, 3.8) is 0 Å². The molecule has 7 heteroatoms. The van der Waals surface area contributed by atoms with E-state index in [0.29, 0.717) is 13.2 Å². The summed E-state index contributed by atoms with van der Waals surface area (Å²) in [4.78, 5) is 4.23. The van der Waals surface area contributed by atoms with Gasteiger partial charge in [-0.25, -0.2) is 4.68 Å². The number of rotatable bonds is 8. The summed E-state index contributed by atoms with van der Waals surface area (Å²) in [6, 6.07) is 19.9. The van der Waals surface area contributed by atoms with Crippen molar-refractivity contribution in [1.29, 1.82) is 0 Å². The number of nitrogens with one attached hydrogen (secondary N) is 2. The summed E-state index contributed by atoms with van der Waals surface area (Å²) >= 11 is 0. The fraction of sp³-hybridized carbons (Fsp3) is 0.238. The molecular weight excluding hydrogens is 465 g/mol. The molecule has 148 valence electrons. The number of hydrogen-bond donors (Lipinski definition) is 2. The molecule has 0 fully saturated rings. The molecule has 0 radical (unpaired) electrons. The quantitative estimate of drug-likeness (QED) is 0.220. The molecule has 1 aromatic heterocycles. The minimum atomic E-state index is 0. The Hall–Kier alpha value is -2.55. The van der Waals surface area contributed by atoms with E-state index in [4.69, 9.17) is 4.74 Å². The highest BCUT2D eigenvalue weighted by molar-refractivity contribution is 14.0. The predicted molar refractivity (Wildman–Crippen MR) is 124 cm³/mol. The Kier molecular flexibility index (Phi) is 9.33. The molecule has 0 spiro atoms. The van der Waals surface area contributed by atoms with E-state index >= 15 is 0 Å². The van der Waals surface area contributed by atoms with Crippen molar-refractivity contribution >= 4 is 29.9 Å². The van der Waals surface area contributed by atoms with Gasteiger partial charge in [0.2, 0.25) is 0 Å². The number of para-hydroxylation sites is 2. The Morgan fingerprint density at radius 3 is 2.39 bits per heavy atom. The van der Waals surface area contributed by atoms with Crippen LogP contribution < -0.4 is 15.4 Å². The molecule has 0 unspecified atom stereocenters. The summed E-state index contributed by atoms with van der Waals surface area (Å²) in [5, 5.41) is 11.0. The van der Waals surface area contributed by atoms with Gasteiger partial charge in [0.15, 0.2) is 5.96 Å². The van der Waals surface area contributed by atoms with Crippen molar-refractivity contribution in [2.45, 2.75) is 6.42 Å². The van der Waals surface area contributed by atoms with E-state index in [9.17, 15) is 0 Å². The van der Waals surface area contributed by atoms with Gasteiger partial charge in [-0.2, -0.15) is 5.10 Å². The molecule has 0 amide bonds. The maximum atomic E-state index is 5.66. The standard InChI is InChI=1S/C21H25N5O.HI/c1-22-21(24-14-15-27-20-10-6-3-7-11-20)23-13-12-18-16-25-26(17-18)19-8-4-2-5-9-19;/h2-11,16-17H,12-15H2,1H3,(H2,22,23,24);1H. The highest BCUT2D eigenvalue weighted by atomic mass is 127. The molecule has 0 atom stereocenters. The minimum absolute atomic E-state index is 0. The first-order chi connectivity index (χ1) is 13.3. The number of hydrogen-bond acceptors (Lipinski definition) is 3. The lowest BCUT2D eigenvalue weighted by Gasteiger charge is -2.12. The fourth-order valence-corrected chi connectivity index (χ4v) is 2.61. The van der Waals surface area contributed by atoms with E-state index in [1.807, 2.05) is 71.5 Å². The summed E-state index contributed by atoms with van der Waals surface area (Å²) in [6.45, 7) is 2.04. The van der Waals surface area contributed by atoms with E-state index in [0.717, 1.165) is 30.4 Å². The van der Waals surface area contributed by atoms with Crippen molar-refractivity contribution in [2.75, 3.05) is 26.7 Å². The number of nitrogens with zero attached hydrogens (tertiary/aromatic N) is 3. The van der Waals surface area contributed by atoms with E-state index in [1.54, 1.807) is 7.05 Å². The first kappa shape index (κ1) is 21.7. The van der Waals surface area contributed by atoms with Crippen LogP contribution in [0, 0.1) is 0 Å². The Labute approximate surface area is 183 Å². The number of halogens is 1. The maximum Gasteiger partial charge on any atom is 0.191 e. The Morgan fingerprint density at radius 2 is 1.68 bits per heavy atom. The van der Waals surface area contributed by atoms with Crippen LogP contribution in [0.5, 0.6) is 5.75 Å². The van der Waals surface area contributed by atoms with Crippen LogP contribution >= 0.6 is 24.0 Å². The zero-order chi connectivity index (χ0) is 18.7. The predicted octanol–water partition coefficient (Wildman–Crippen LogP) is 3.28. The summed E-state index contributed by atoms with van der Waals surface area (Å²) < 4.78 is 7.56. The van der Waals surface area contributed by atoms with E-state index < -0.39 is 0 Å². The smallest absolute Gasteiger partial charge is 0.191 e. The van der Waals surface area contributed by atoms with E-state index in [-0.39, 0.29) is 24.0 Å². The number of benzene rings is 2. The molecule has 0 saturated carbocycles. The van der Waals surface area contributed by atoms with Crippen LogP contribution in [0.2, 0.25) is 0 Å². The number of guanidine groups is 1. The highest BCUT2D eigenvalue weighted by Crippen LogP contribution is 2.08. The zero-order valence-corrected chi connectivity index (χ0v) is 18.2. The van der Waals surface area contributed by atoms with Gasteiger partial charge >= 0.3 is 0 Å². The van der Waals surface area contributed by atoms with Gasteiger partial charge in [0.1, 0.15) is 12.4 Å². The monoisotopic (exact) mass is 491 g/mol. The molecule has 0 saturated heterocycles. The summed E-state index contributed by atoms with van der Waals surface area (Å²) in [5.41, 5.74) is 2.24. The molecule has 0 bridgehead atoms. The third-order valence-electron chi connectivity index (χ3n) is 3.99. The van der Waals surface area contributed by atoms with Crippen molar-refractivity contribution in [2.24, 2.45) is 4.99 Å². The second-order valence-corrected chi connectivity index (χ2v) is 5.97. The lowest BCUT2D eigenvalue weighted by Crippen LogP contribution is -2.40. The van der Waals surface area contributed by atoms with E-state index in [1.165, 1.54) is 5.56 Å². The first-order valence-electron chi connectivity index (χ1n) is 9.06. The van der Waals surface area contributed by atoms with E-state index in [2.05, 4.69) is 26.9 Å². The molecule has 2 aromatic carbocycles.